The third kappa shape index (κ3) is 18.8. The van der Waals surface area contributed by atoms with E-state index in [1.807, 2.05) is 5.01 Å². The Labute approximate surface area is 223 Å². The van der Waals surface area contributed by atoms with Crippen LogP contribution in [0.3, 0.4) is 0 Å². The molecule has 0 aromatic heterocycles. The van der Waals surface area contributed by atoms with Gasteiger partial charge in [-0.2, -0.15) is 0 Å². The van der Waals surface area contributed by atoms with E-state index in [1.54, 1.807) is 0 Å². The van der Waals surface area contributed by atoms with Crippen LogP contribution in [0.4, 0.5) is 0 Å². The third-order valence-electron chi connectivity index (χ3n) is 7.37. The molecular formula is C27H61N9. The van der Waals surface area contributed by atoms with Crippen LogP contribution in [-0.4, -0.2) is 133 Å². The number of unbranched alkanes of at least 4 members (excludes halogenated alkanes) is 4. The smallest absolute Gasteiger partial charge is 0.0253 e. The van der Waals surface area contributed by atoms with Gasteiger partial charge in [-0.15, -0.1) is 0 Å². The second kappa shape index (κ2) is 23.7. The second-order valence-electron chi connectivity index (χ2n) is 10.7. The van der Waals surface area contributed by atoms with Crippen LogP contribution in [0.5, 0.6) is 0 Å². The van der Waals surface area contributed by atoms with Gasteiger partial charge >= 0.3 is 0 Å². The first kappa shape index (κ1) is 31.9. The average Bonchev–Trinajstić information content (AvgIpc) is 2.88. The van der Waals surface area contributed by atoms with E-state index in [4.69, 9.17) is 5.84 Å². The highest BCUT2D eigenvalue weighted by atomic mass is 15.4. The Morgan fingerprint density at radius 2 is 0.806 bits per heavy atom. The standard InChI is InChI=1S/C27H61N9/c28-36-24-9-14-32-18-26-35(23-8-13-33-19-27-36)21-5-3-1-2-4-20-34-22-7-12-30-16-15-29-10-6-11-31-17-25-34/h29-33H,1-28H2. The minimum Gasteiger partial charge on any atom is -0.315 e. The van der Waals surface area contributed by atoms with Gasteiger partial charge in [-0.25, -0.2) is 5.01 Å². The highest BCUT2D eigenvalue weighted by Crippen LogP contribution is 2.06. The van der Waals surface area contributed by atoms with Crippen molar-refractivity contribution >= 4 is 0 Å². The van der Waals surface area contributed by atoms with Crippen LogP contribution >= 0.6 is 0 Å². The summed E-state index contributed by atoms with van der Waals surface area (Å²) in [5.74, 6) is 6.03. The molecule has 0 aromatic carbocycles. The van der Waals surface area contributed by atoms with Crippen molar-refractivity contribution in [3.05, 3.63) is 0 Å². The van der Waals surface area contributed by atoms with Crippen molar-refractivity contribution in [2.45, 2.75) is 57.8 Å². The molecule has 2 heterocycles. The monoisotopic (exact) mass is 512 g/mol. The molecule has 36 heavy (non-hydrogen) atoms. The number of hydrogen-bond acceptors (Lipinski definition) is 9. The summed E-state index contributed by atoms with van der Waals surface area (Å²) in [4.78, 5) is 5.36. The minimum atomic E-state index is 0.938. The molecule has 0 aromatic rings. The number of rotatable bonds is 8. The summed E-state index contributed by atoms with van der Waals surface area (Å²) in [6.45, 7) is 20.1. The molecule has 0 spiro atoms. The second-order valence-corrected chi connectivity index (χ2v) is 10.7. The van der Waals surface area contributed by atoms with Crippen LogP contribution in [0.15, 0.2) is 0 Å². The maximum absolute atomic E-state index is 6.03. The largest absolute Gasteiger partial charge is 0.315 e. The van der Waals surface area contributed by atoms with Gasteiger partial charge in [-0.1, -0.05) is 19.3 Å². The van der Waals surface area contributed by atoms with Crippen LogP contribution < -0.4 is 32.4 Å². The fraction of sp³-hybridized carbons (Fsp3) is 1.00. The number of nitrogens with two attached hydrogens (primary N) is 1. The first-order valence-corrected chi connectivity index (χ1v) is 15.3. The molecule has 0 radical (unpaired) electrons. The molecule has 0 bridgehead atoms. The Hall–Kier alpha value is -0.360. The number of hydrazine groups is 1. The molecule has 214 valence electrons. The van der Waals surface area contributed by atoms with E-state index in [2.05, 4.69) is 36.4 Å². The lowest BCUT2D eigenvalue weighted by molar-refractivity contribution is 0.247. The lowest BCUT2D eigenvalue weighted by Crippen LogP contribution is -2.41. The van der Waals surface area contributed by atoms with Crippen molar-refractivity contribution in [1.82, 2.24) is 41.4 Å². The van der Waals surface area contributed by atoms with Crippen molar-refractivity contribution in [2.75, 3.05) is 118 Å². The van der Waals surface area contributed by atoms with Crippen LogP contribution in [0, 0.1) is 0 Å². The van der Waals surface area contributed by atoms with Crippen LogP contribution in [0.1, 0.15) is 57.8 Å². The molecule has 0 aliphatic carbocycles. The van der Waals surface area contributed by atoms with E-state index in [1.165, 1.54) is 90.6 Å². The molecule has 2 rings (SSSR count). The van der Waals surface area contributed by atoms with Gasteiger partial charge in [0.05, 0.1) is 0 Å². The zero-order valence-corrected chi connectivity index (χ0v) is 23.5. The number of nitrogens with one attached hydrogen (secondary N) is 5. The van der Waals surface area contributed by atoms with E-state index in [0.717, 1.165) is 85.0 Å². The number of nitrogens with zero attached hydrogens (tertiary/aromatic N) is 3. The van der Waals surface area contributed by atoms with Crippen LogP contribution in [0.2, 0.25) is 0 Å². The summed E-state index contributed by atoms with van der Waals surface area (Å²) >= 11 is 0. The quantitative estimate of drug-likeness (QED) is 0.203. The maximum Gasteiger partial charge on any atom is 0.0253 e. The maximum atomic E-state index is 6.03. The molecule has 0 unspecified atom stereocenters. The summed E-state index contributed by atoms with van der Waals surface area (Å²) < 4.78 is 0. The van der Waals surface area contributed by atoms with Crippen molar-refractivity contribution in [3.63, 3.8) is 0 Å². The highest BCUT2D eigenvalue weighted by Gasteiger charge is 2.07. The summed E-state index contributed by atoms with van der Waals surface area (Å²) in [7, 11) is 0. The van der Waals surface area contributed by atoms with Gasteiger partial charge in [0, 0.05) is 58.9 Å². The Bertz CT molecular complexity index is 439. The lowest BCUT2D eigenvalue weighted by atomic mass is 10.1. The minimum absolute atomic E-state index is 0.938. The summed E-state index contributed by atoms with van der Waals surface area (Å²) in [5.41, 5.74) is 0. The first-order chi connectivity index (χ1) is 17.8. The molecule has 0 saturated carbocycles. The predicted octanol–water partition coefficient (Wildman–Crippen LogP) is 0.252. The van der Waals surface area contributed by atoms with Crippen molar-refractivity contribution in [1.29, 1.82) is 0 Å². The summed E-state index contributed by atoms with van der Waals surface area (Å²) in [6, 6.07) is 0. The van der Waals surface area contributed by atoms with Crippen molar-refractivity contribution in [3.8, 4) is 0 Å². The summed E-state index contributed by atoms with van der Waals surface area (Å²) in [6.07, 6.45) is 11.6. The molecule has 2 aliphatic heterocycles. The zero-order chi connectivity index (χ0) is 25.4. The third-order valence-corrected chi connectivity index (χ3v) is 7.37. The normalized spacial score (nSPS) is 23.6. The van der Waals surface area contributed by atoms with E-state index in [-0.39, 0.29) is 0 Å². The molecule has 0 atom stereocenters. The molecular weight excluding hydrogens is 450 g/mol. The Kier molecular flexibility index (Phi) is 21.0. The number of hydrogen-bond donors (Lipinski definition) is 6. The molecule has 2 aliphatic rings. The molecule has 7 N–H and O–H groups in total. The average molecular weight is 512 g/mol. The van der Waals surface area contributed by atoms with Gasteiger partial charge in [0.15, 0.2) is 0 Å². The van der Waals surface area contributed by atoms with Crippen molar-refractivity contribution in [2.24, 2.45) is 5.84 Å². The molecule has 2 saturated heterocycles. The molecule has 0 amide bonds. The van der Waals surface area contributed by atoms with E-state index >= 15 is 0 Å². The predicted molar refractivity (Wildman–Crippen MR) is 155 cm³/mol. The topological polar surface area (TPSA) is 95.9 Å². The van der Waals surface area contributed by atoms with Gasteiger partial charge in [0.2, 0.25) is 0 Å². The SMILES string of the molecule is NN1CCCNCCN(CCCCCCCN2CCCNCCNCCCNCC2)CCCNCC1. The zero-order valence-electron chi connectivity index (χ0n) is 23.5. The fourth-order valence-electron chi connectivity index (χ4n) is 5.08. The lowest BCUT2D eigenvalue weighted by Gasteiger charge is -2.24. The summed E-state index contributed by atoms with van der Waals surface area (Å²) in [5, 5.41) is 19.8. The first-order valence-electron chi connectivity index (χ1n) is 15.3. The van der Waals surface area contributed by atoms with Gasteiger partial charge in [0.25, 0.3) is 0 Å². The van der Waals surface area contributed by atoms with Gasteiger partial charge in [-0.05, 0) is 97.4 Å². The van der Waals surface area contributed by atoms with Gasteiger partial charge < -0.3 is 36.4 Å². The Balaban J connectivity index is 1.53. The fourth-order valence-corrected chi connectivity index (χ4v) is 5.08. The molecule has 9 nitrogen and oxygen atoms in total. The van der Waals surface area contributed by atoms with Crippen molar-refractivity contribution < 1.29 is 0 Å². The van der Waals surface area contributed by atoms with Gasteiger partial charge in [-0.3, -0.25) is 5.84 Å². The van der Waals surface area contributed by atoms with Gasteiger partial charge in [0.1, 0.15) is 0 Å². The van der Waals surface area contributed by atoms with E-state index in [0.29, 0.717) is 0 Å². The molecule has 9 heteroatoms. The van der Waals surface area contributed by atoms with E-state index in [9.17, 15) is 0 Å². The van der Waals surface area contributed by atoms with Crippen LogP contribution in [0.25, 0.3) is 0 Å². The highest BCUT2D eigenvalue weighted by molar-refractivity contribution is 4.66. The Morgan fingerprint density at radius 1 is 0.389 bits per heavy atom. The Morgan fingerprint density at radius 3 is 1.36 bits per heavy atom. The van der Waals surface area contributed by atoms with E-state index < -0.39 is 0 Å². The van der Waals surface area contributed by atoms with Crippen LogP contribution in [-0.2, 0) is 0 Å². The molecule has 2 fully saturated rings.